The fourth-order valence-corrected chi connectivity index (χ4v) is 5.47. The Balaban J connectivity index is 1.58. The second-order valence-electron chi connectivity index (χ2n) is 9.55. The first kappa shape index (κ1) is 25.2. The van der Waals surface area contributed by atoms with Gasteiger partial charge in [0, 0.05) is 63.5 Å². The van der Waals surface area contributed by atoms with Crippen LogP contribution in [0.4, 0.5) is 0 Å². The normalized spacial score (nSPS) is 21.6. The monoisotopic (exact) mass is 483 g/mol. The summed E-state index contributed by atoms with van der Waals surface area (Å²) in [6, 6.07) is 5.78. The maximum Gasteiger partial charge on any atom is 0.308 e. The molecule has 9 heteroatoms. The first-order valence-corrected chi connectivity index (χ1v) is 12.7. The van der Waals surface area contributed by atoms with Gasteiger partial charge in [-0.3, -0.25) is 14.5 Å². The molecule has 1 fully saturated rings. The lowest BCUT2D eigenvalue weighted by Crippen LogP contribution is -2.46. The van der Waals surface area contributed by atoms with Crippen LogP contribution in [0.15, 0.2) is 36.9 Å². The van der Waals surface area contributed by atoms with Crippen LogP contribution < -0.4 is 10.5 Å². The Hall–Kier alpha value is -2.91. The summed E-state index contributed by atoms with van der Waals surface area (Å²) < 4.78 is 7.61. The van der Waals surface area contributed by atoms with E-state index in [1.807, 2.05) is 27.8 Å². The average Bonchev–Trinajstić information content (AvgIpc) is 3.59. The van der Waals surface area contributed by atoms with Gasteiger partial charge in [-0.1, -0.05) is 25.5 Å². The van der Waals surface area contributed by atoms with Crippen LogP contribution in [0, 0.1) is 5.92 Å². The number of nitrogens with two attached hydrogens (primary N) is 1. The number of fused-ring (bicyclic) bond motifs is 1. The molecule has 4 rings (SSSR count). The van der Waals surface area contributed by atoms with Gasteiger partial charge in [-0.25, -0.2) is 4.98 Å². The zero-order chi connectivity index (χ0) is 24.8. The number of carbonyl (C=O) groups excluding carboxylic acids is 1. The molecule has 1 amide bonds. The number of ether oxygens (including phenoxy) is 1. The molecular formula is C26H37N5O4. The van der Waals surface area contributed by atoms with Crippen molar-refractivity contribution in [2.45, 2.75) is 51.1 Å². The maximum atomic E-state index is 13.3. The molecule has 3 N–H and O–H groups in total. The number of aryl methyl sites for hydroxylation is 1. The summed E-state index contributed by atoms with van der Waals surface area (Å²) in [6.07, 6.45) is 8.73. The van der Waals surface area contributed by atoms with E-state index in [4.69, 9.17) is 10.5 Å². The van der Waals surface area contributed by atoms with Crippen molar-refractivity contribution < 1.29 is 19.4 Å². The molecular weight excluding hydrogens is 446 g/mol. The highest BCUT2D eigenvalue weighted by Gasteiger charge is 2.47. The molecule has 3 heterocycles. The molecule has 0 spiro atoms. The fourth-order valence-electron chi connectivity index (χ4n) is 5.47. The second kappa shape index (κ2) is 11.7. The van der Waals surface area contributed by atoms with Crippen LogP contribution in [0.25, 0.3) is 0 Å². The van der Waals surface area contributed by atoms with Gasteiger partial charge in [-0.05, 0) is 30.0 Å². The summed E-state index contributed by atoms with van der Waals surface area (Å²) >= 11 is 0. The Bertz CT molecular complexity index is 996. The van der Waals surface area contributed by atoms with Gasteiger partial charge in [0.2, 0.25) is 5.91 Å². The number of amides is 1. The number of nitrogens with zero attached hydrogens (tertiary/aromatic N) is 4. The number of imidazole rings is 1. The molecule has 0 bridgehead atoms. The highest BCUT2D eigenvalue weighted by molar-refractivity contribution is 5.79. The largest absolute Gasteiger partial charge is 0.493 e. The Kier molecular flexibility index (Phi) is 8.41. The van der Waals surface area contributed by atoms with Gasteiger partial charge in [0.1, 0.15) is 5.75 Å². The standard InChI is InChI=1S/C26H37N5O4/c1-2-3-10-30(12-8-27)24(32)17-31-16-21(19-4-5-23-20(15-19)7-14-35-23)25(26(33)34)22(31)6-11-29-13-9-28-18-29/h4-5,9,13,15,18,21-22,25H,2-3,6-8,10-12,14,16-17,27H2,1H3,(H,33,34)/t21-,22+,25-/m1/s1. The summed E-state index contributed by atoms with van der Waals surface area (Å²) in [5, 5.41) is 10.3. The number of hydrogen-bond acceptors (Lipinski definition) is 6. The highest BCUT2D eigenvalue weighted by Crippen LogP contribution is 2.41. The molecule has 9 nitrogen and oxygen atoms in total. The van der Waals surface area contributed by atoms with Gasteiger partial charge < -0.3 is 25.0 Å². The summed E-state index contributed by atoms with van der Waals surface area (Å²) in [4.78, 5) is 33.9. The molecule has 2 aliphatic rings. The molecule has 1 aromatic heterocycles. The van der Waals surface area contributed by atoms with Crippen molar-refractivity contribution in [3.8, 4) is 5.75 Å². The van der Waals surface area contributed by atoms with E-state index in [9.17, 15) is 14.7 Å². The first-order chi connectivity index (χ1) is 17.0. The highest BCUT2D eigenvalue weighted by atomic mass is 16.5. The number of carboxylic acid groups (broad SMARTS) is 1. The van der Waals surface area contributed by atoms with Crippen molar-refractivity contribution >= 4 is 11.9 Å². The molecule has 2 aromatic rings. The number of hydrogen-bond donors (Lipinski definition) is 2. The molecule has 190 valence electrons. The Morgan fingerprint density at radius 3 is 2.89 bits per heavy atom. The number of aliphatic carboxylic acids is 1. The molecule has 3 atom stereocenters. The van der Waals surface area contributed by atoms with E-state index < -0.39 is 11.9 Å². The van der Waals surface area contributed by atoms with E-state index in [0.29, 0.717) is 45.8 Å². The predicted molar refractivity (Wildman–Crippen MR) is 132 cm³/mol. The van der Waals surface area contributed by atoms with Gasteiger partial charge in [0.05, 0.1) is 25.4 Å². The Morgan fingerprint density at radius 2 is 2.17 bits per heavy atom. The fraction of sp³-hybridized carbons (Fsp3) is 0.577. The van der Waals surface area contributed by atoms with Crippen LogP contribution in [0.3, 0.4) is 0 Å². The van der Waals surface area contributed by atoms with Crippen LogP contribution in [0.2, 0.25) is 0 Å². The molecule has 0 unspecified atom stereocenters. The van der Waals surface area contributed by atoms with E-state index in [2.05, 4.69) is 22.9 Å². The number of carboxylic acids is 1. The smallest absolute Gasteiger partial charge is 0.308 e. The van der Waals surface area contributed by atoms with E-state index in [1.165, 1.54) is 0 Å². The lowest BCUT2D eigenvalue weighted by atomic mass is 9.83. The summed E-state index contributed by atoms with van der Waals surface area (Å²) in [7, 11) is 0. The van der Waals surface area contributed by atoms with Crippen molar-refractivity contribution in [1.29, 1.82) is 0 Å². The minimum Gasteiger partial charge on any atom is -0.493 e. The second-order valence-corrected chi connectivity index (χ2v) is 9.55. The molecule has 35 heavy (non-hydrogen) atoms. The van der Waals surface area contributed by atoms with E-state index in [1.54, 1.807) is 12.5 Å². The summed E-state index contributed by atoms with van der Waals surface area (Å²) in [6.45, 7) is 5.74. The van der Waals surface area contributed by atoms with Crippen LogP contribution in [0.1, 0.15) is 43.2 Å². The van der Waals surface area contributed by atoms with Gasteiger partial charge in [0.25, 0.3) is 0 Å². The SMILES string of the molecule is CCCCN(CCN)C(=O)CN1C[C@H](c2ccc3c(c2)CCO3)[C@@H](C(=O)O)[C@@H]1CCn1ccnc1. The quantitative estimate of drug-likeness (QED) is 0.474. The Morgan fingerprint density at radius 1 is 1.31 bits per heavy atom. The third-order valence-electron chi connectivity index (χ3n) is 7.29. The molecule has 0 radical (unpaired) electrons. The number of rotatable bonds is 12. The van der Waals surface area contributed by atoms with Crippen molar-refractivity contribution in [3.05, 3.63) is 48.0 Å². The van der Waals surface area contributed by atoms with Crippen molar-refractivity contribution in [2.75, 3.05) is 39.3 Å². The van der Waals surface area contributed by atoms with Crippen LogP contribution >= 0.6 is 0 Å². The third-order valence-corrected chi connectivity index (χ3v) is 7.29. The van der Waals surface area contributed by atoms with Crippen LogP contribution in [-0.4, -0.2) is 81.7 Å². The molecule has 2 aliphatic heterocycles. The molecule has 0 aliphatic carbocycles. The summed E-state index contributed by atoms with van der Waals surface area (Å²) in [5.41, 5.74) is 7.91. The van der Waals surface area contributed by atoms with Crippen molar-refractivity contribution in [2.24, 2.45) is 11.7 Å². The van der Waals surface area contributed by atoms with E-state index in [-0.39, 0.29) is 24.4 Å². The number of unbranched alkanes of at least 4 members (excludes halogenated alkanes) is 1. The van der Waals surface area contributed by atoms with E-state index in [0.717, 1.165) is 36.1 Å². The molecule has 1 aromatic carbocycles. The Labute approximate surface area is 206 Å². The average molecular weight is 484 g/mol. The molecule has 1 saturated heterocycles. The van der Waals surface area contributed by atoms with Gasteiger partial charge in [0.15, 0.2) is 0 Å². The van der Waals surface area contributed by atoms with Crippen molar-refractivity contribution in [3.63, 3.8) is 0 Å². The lowest BCUT2D eigenvalue weighted by molar-refractivity contribution is -0.143. The van der Waals surface area contributed by atoms with Gasteiger partial charge >= 0.3 is 5.97 Å². The number of aromatic nitrogens is 2. The molecule has 0 saturated carbocycles. The minimum absolute atomic E-state index is 0.0173. The zero-order valence-electron chi connectivity index (χ0n) is 20.5. The third kappa shape index (κ3) is 5.85. The van der Waals surface area contributed by atoms with E-state index >= 15 is 0 Å². The summed E-state index contributed by atoms with van der Waals surface area (Å²) in [5.74, 6) is -0.718. The number of carbonyl (C=O) groups is 2. The zero-order valence-corrected chi connectivity index (χ0v) is 20.5. The topological polar surface area (TPSA) is 114 Å². The van der Waals surface area contributed by atoms with Crippen LogP contribution in [0.5, 0.6) is 5.75 Å². The van der Waals surface area contributed by atoms with Crippen molar-refractivity contribution in [1.82, 2.24) is 19.4 Å². The first-order valence-electron chi connectivity index (χ1n) is 12.7. The maximum absolute atomic E-state index is 13.3. The predicted octanol–water partition coefficient (Wildman–Crippen LogP) is 1.96. The van der Waals surface area contributed by atoms with Gasteiger partial charge in [-0.15, -0.1) is 0 Å². The van der Waals surface area contributed by atoms with Gasteiger partial charge in [-0.2, -0.15) is 0 Å². The van der Waals surface area contributed by atoms with Crippen LogP contribution in [-0.2, 0) is 22.6 Å². The lowest BCUT2D eigenvalue weighted by Gasteiger charge is -2.29. The minimum atomic E-state index is -0.817. The number of likely N-dealkylation sites (tertiary alicyclic amines) is 1. The number of benzene rings is 1.